The molecule has 1 fully saturated rings. The molecule has 110 valence electrons. The third-order valence-electron chi connectivity index (χ3n) is 3.64. The fraction of sp³-hybridized carbons (Fsp3) is 0.600. The molecule has 3 N–H and O–H groups in total. The molecule has 0 saturated carbocycles. The van der Waals surface area contributed by atoms with E-state index in [9.17, 15) is 17.2 Å². The maximum absolute atomic E-state index is 13.0. The number of H-pyrrole nitrogens is 1. The molecular formula is C10H13F2N5O2S. The van der Waals surface area contributed by atoms with Crippen molar-refractivity contribution in [2.75, 3.05) is 17.2 Å². The first kappa shape index (κ1) is 13.3. The second-order valence-corrected chi connectivity index (χ2v) is 7.46. The molecule has 2 aromatic heterocycles. The number of nitrogens with one attached hydrogen (secondary N) is 1. The summed E-state index contributed by atoms with van der Waals surface area (Å²) in [5.41, 5.74) is 4.41. The summed E-state index contributed by atoms with van der Waals surface area (Å²) in [4.78, 5) is 0. The van der Waals surface area contributed by atoms with Crippen molar-refractivity contribution in [3.8, 4) is 0 Å². The Morgan fingerprint density at radius 2 is 2.20 bits per heavy atom. The van der Waals surface area contributed by atoms with E-state index in [0.717, 1.165) is 0 Å². The fourth-order valence-electron chi connectivity index (χ4n) is 2.65. The van der Waals surface area contributed by atoms with E-state index >= 15 is 0 Å². The van der Waals surface area contributed by atoms with Crippen LogP contribution in [0.5, 0.6) is 0 Å². The highest BCUT2D eigenvalue weighted by molar-refractivity contribution is 7.91. The molecule has 1 aliphatic heterocycles. The summed E-state index contributed by atoms with van der Waals surface area (Å²) in [7, 11) is -3.19. The number of aromatic nitrogens is 4. The van der Waals surface area contributed by atoms with Crippen LogP contribution in [0.2, 0.25) is 0 Å². The number of fused-ring (bicyclic) bond motifs is 1. The Bertz CT molecular complexity index is 781. The van der Waals surface area contributed by atoms with Crippen LogP contribution in [-0.4, -0.2) is 39.9 Å². The Kier molecular flexibility index (Phi) is 2.59. The largest absolute Gasteiger partial charge is 0.383 e. The summed E-state index contributed by atoms with van der Waals surface area (Å²) in [5.74, 6) is -0.132. The van der Waals surface area contributed by atoms with Gasteiger partial charge in [0.1, 0.15) is 11.5 Å². The Labute approximate surface area is 113 Å². The molecule has 1 unspecified atom stereocenters. The first-order chi connectivity index (χ1) is 9.23. The zero-order valence-corrected chi connectivity index (χ0v) is 11.4. The van der Waals surface area contributed by atoms with Gasteiger partial charge in [-0.25, -0.2) is 21.9 Å². The Balaban J connectivity index is 2.23. The van der Waals surface area contributed by atoms with E-state index in [1.165, 1.54) is 4.68 Å². The van der Waals surface area contributed by atoms with Crippen LogP contribution in [0.15, 0.2) is 0 Å². The monoisotopic (exact) mass is 305 g/mol. The predicted molar refractivity (Wildman–Crippen MR) is 68.2 cm³/mol. The van der Waals surface area contributed by atoms with E-state index in [0.29, 0.717) is 6.42 Å². The van der Waals surface area contributed by atoms with Crippen LogP contribution >= 0.6 is 0 Å². The van der Waals surface area contributed by atoms with Crippen LogP contribution in [-0.2, 0) is 15.4 Å². The molecule has 0 spiro atoms. The van der Waals surface area contributed by atoms with Gasteiger partial charge in [-0.05, 0) is 13.3 Å². The number of nitrogens with two attached hydrogens (primary N) is 1. The number of hydrogen-bond donors (Lipinski definition) is 2. The van der Waals surface area contributed by atoms with Crippen molar-refractivity contribution < 1.29 is 17.2 Å². The molecule has 20 heavy (non-hydrogen) atoms. The lowest BCUT2D eigenvalue weighted by atomic mass is 10.0. The van der Waals surface area contributed by atoms with Gasteiger partial charge in [0.25, 0.3) is 6.43 Å². The summed E-state index contributed by atoms with van der Waals surface area (Å²) in [5, 5.41) is 10.2. The molecule has 0 aliphatic carbocycles. The lowest BCUT2D eigenvalue weighted by Gasteiger charge is -2.22. The Hall–Kier alpha value is -1.71. The summed E-state index contributed by atoms with van der Waals surface area (Å²) < 4.78 is 50.7. The van der Waals surface area contributed by atoms with Crippen molar-refractivity contribution >= 4 is 26.7 Å². The van der Waals surface area contributed by atoms with Crippen molar-refractivity contribution in [3.63, 3.8) is 0 Å². The number of alkyl halides is 2. The predicted octanol–water partition coefficient (Wildman–Crippen LogP) is 0.813. The summed E-state index contributed by atoms with van der Waals surface area (Å²) in [6.45, 7) is 1.67. The second kappa shape index (κ2) is 3.90. The molecule has 7 nitrogen and oxygen atoms in total. The summed E-state index contributed by atoms with van der Waals surface area (Å²) in [6.07, 6.45) is -2.50. The first-order valence-corrected chi connectivity index (χ1v) is 7.77. The highest BCUT2D eigenvalue weighted by Crippen LogP contribution is 2.37. The van der Waals surface area contributed by atoms with Gasteiger partial charge < -0.3 is 5.73 Å². The summed E-state index contributed by atoms with van der Waals surface area (Å²) in [6, 6.07) is 0. The number of anilines is 1. The van der Waals surface area contributed by atoms with E-state index in [4.69, 9.17) is 5.73 Å². The van der Waals surface area contributed by atoms with Gasteiger partial charge in [-0.15, -0.1) is 0 Å². The van der Waals surface area contributed by atoms with Gasteiger partial charge in [0.2, 0.25) is 0 Å². The van der Waals surface area contributed by atoms with Crippen molar-refractivity contribution in [1.82, 2.24) is 20.0 Å². The van der Waals surface area contributed by atoms with Gasteiger partial charge in [-0.2, -0.15) is 10.2 Å². The molecule has 1 atom stereocenters. The van der Waals surface area contributed by atoms with Crippen molar-refractivity contribution in [1.29, 1.82) is 0 Å². The average molecular weight is 305 g/mol. The van der Waals surface area contributed by atoms with Crippen LogP contribution in [0.4, 0.5) is 14.6 Å². The average Bonchev–Trinajstić information content (AvgIpc) is 2.95. The van der Waals surface area contributed by atoms with Crippen LogP contribution < -0.4 is 5.73 Å². The molecule has 0 radical (unpaired) electrons. The molecule has 0 amide bonds. The minimum absolute atomic E-state index is 0.00556. The molecule has 10 heteroatoms. The number of nitrogens with zero attached hydrogens (tertiary/aromatic N) is 3. The zero-order valence-electron chi connectivity index (χ0n) is 10.6. The minimum atomic E-state index is -3.19. The van der Waals surface area contributed by atoms with E-state index in [2.05, 4.69) is 15.3 Å². The number of hydrogen-bond acceptors (Lipinski definition) is 5. The first-order valence-electron chi connectivity index (χ1n) is 5.95. The third kappa shape index (κ3) is 1.78. The van der Waals surface area contributed by atoms with Gasteiger partial charge in [0.05, 0.1) is 22.4 Å². The number of sulfone groups is 1. The number of halogens is 2. The maximum atomic E-state index is 13.0. The molecule has 3 heterocycles. The highest BCUT2D eigenvalue weighted by Gasteiger charge is 2.43. The molecule has 1 aliphatic rings. The van der Waals surface area contributed by atoms with E-state index in [-0.39, 0.29) is 28.4 Å². The normalized spacial score (nSPS) is 25.8. The van der Waals surface area contributed by atoms with Gasteiger partial charge in [0, 0.05) is 0 Å². The number of nitrogen functional groups attached to an aromatic ring is 1. The third-order valence-corrected chi connectivity index (χ3v) is 5.53. The van der Waals surface area contributed by atoms with Gasteiger partial charge in [0.15, 0.2) is 15.5 Å². The fourth-order valence-corrected chi connectivity index (χ4v) is 4.76. The molecule has 2 aromatic rings. The smallest absolute Gasteiger partial charge is 0.282 e. The lowest BCUT2D eigenvalue weighted by molar-refractivity contribution is 0.145. The van der Waals surface area contributed by atoms with E-state index < -0.39 is 27.5 Å². The molecule has 3 rings (SSSR count). The number of rotatable bonds is 2. The molecular weight excluding hydrogens is 292 g/mol. The lowest BCUT2D eigenvalue weighted by Crippen LogP contribution is -2.32. The van der Waals surface area contributed by atoms with E-state index in [1.54, 1.807) is 6.92 Å². The Morgan fingerprint density at radius 3 is 2.75 bits per heavy atom. The molecule has 0 aromatic carbocycles. The van der Waals surface area contributed by atoms with Crippen molar-refractivity contribution in [2.45, 2.75) is 25.3 Å². The van der Waals surface area contributed by atoms with Crippen molar-refractivity contribution in [3.05, 3.63) is 5.69 Å². The standard InChI is InChI=1S/C10H13F2N5O2S/c1-10(2-3-20(18,19)4-10)17-9-5(8(13)14-15-9)6(16-17)7(11)12/h7H,2-4H2,1H3,(H3,13,14,15). The van der Waals surface area contributed by atoms with Gasteiger partial charge in [-0.3, -0.25) is 5.10 Å². The summed E-state index contributed by atoms with van der Waals surface area (Å²) >= 11 is 0. The Morgan fingerprint density at radius 1 is 1.50 bits per heavy atom. The highest BCUT2D eigenvalue weighted by atomic mass is 32.2. The zero-order chi connectivity index (χ0) is 14.7. The van der Waals surface area contributed by atoms with Gasteiger partial charge >= 0.3 is 0 Å². The molecule has 1 saturated heterocycles. The topological polar surface area (TPSA) is 107 Å². The van der Waals surface area contributed by atoms with E-state index in [1.807, 2.05) is 0 Å². The maximum Gasteiger partial charge on any atom is 0.282 e. The van der Waals surface area contributed by atoms with Crippen LogP contribution in [0.25, 0.3) is 11.0 Å². The molecule has 0 bridgehead atoms. The van der Waals surface area contributed by atoms with Gasteiger partial charge in [-0.1, -0.05) is 0 Å². The van der Waals surface area contributed by atoms with Crippen LogP contribution in [0, 0.1) is 0 Å². The SMILES string of the molecule is CC1(n2nc(C(F)F)c3c(N)[nH]nc32)CCS(=O)(=O)C1. The number of aromatic amines is 1. The van der Waals surface area contributed by atoms with Crippen LogP contribution in [0.1, 0.15) is 25.5 Å². The second-order valence-electron chi connectivity index (χ2n) is 5.27. The van der Waals surface area contributed by atoms with Crippen LogP contribution in [0.3, 0.4) is 0 Å². The minimum Gasteiger partial charge on any atom is -0.383 e. The quantitative estimate of drug-likeness (QED) is 0.854. The van der Waals surface area contributed by atoms with Crippen molar-refractivity contribution in [2.24, 2.45) is 0 Å².